The van der Waals surface area contributed by atoms with Crippen LogP contribution >= 0.6 is 0 Å². The van der Waals surface area contributed by atoms with E-state index in [-0.39, 0.29) is 23.7 Å². The molecule has 4 atom stereocenters. The first kappa shape index (κ1) is 19.9. The van der Waals surface area contributed by atoms with Crippen molar-refractivity contribution in [2.75, 3.05) is 4.90 Å². The van der Waals surface area contributed by atoms with Crippen LogP contribution in [-0.4, -0.2) is 17.8 Å². The number of carbonyl (C=O) groups excluding carboxylic acids is 3. The van der Waals surface area contributed by atoms with Crippen molar-refractivity contribution in [3.8, 4) is 16.9 Å². The zero-order chi connectivity index (χ0) is 22.5. The van der Waals surface area contributed by atoms with Gasteiger partial charge < -0.3 is 4.74 Å². The molecule has 0 aromatic heterocycles. The van der Waals surface area contributed by atoms with E-state index in [4.69, 9.17) is 4.74 Å². The molecule has 3 aromatic carbocycles. The van der Waals surface area contributed by atoms with E-state index in [2.05, 4.69) is 0 Å². The summed E-state index contributed by atoms with van der Waals surface area (Å²) in [6.45, 7) is 0. The van der Waals surface area contributed by atoms with E-state index in [1.165, 1.54) is 4.90 Å². The third-order valence-electron chi connectivity index (χ3n) is 7.44. The number of anilines is 1. The number of hydrogen-bond donors (Lipinski definition) is 0. The molecule has 0 spiro atoms. The highest BCUT2D eigenvalue weighted by molar-refractivity contribution is 6.22. The standard InChI is InChI=1S/C28H23NO4/c30-26-24-19-9-10-20(15-19)25(24)27(31)29(26)22-8-4-7-21(16-22)28(32)33-23-13-11-18(12-14-23)17-5-2-1-3-6-17/h1-8,11-14,16,19-20,24-25H,9-10,15H2/t19-,20-,24-,25-/m0/s1. The molecule has 3 fully saturated rings. The Morgan fingerprint density at radius 2 is 1.39 bits per heavy atom. The predicted octanol–water partition coefficient (Wildman–Crippen LogP) is 5.11. The fourth-order valence-electron chi connectivity index (χ4n) is 5.95. The monoisotopic (exact) mass is 437 g/mol. The fraction of sp³-hybridized carbons (Fsp3) is 0.250. The van der Waals surface area contributed by atoms with Gasteiger partial charge in [-0.25, -0.2) is 4.79 Å². The van der Waals surface area contributed by atoms with Gasteiger partial charge in [0.05, 0.1) is 23.1 Å². The summed E-state index contributed by atoms with van der Waals surface area (Å²) in [7, 11) is 0. The normalized spacial score (nSPS) is 25.4. The Labute approximate surface area is 192 Å². The van der Waals surface area contributed by atoms with E-state index in [0.717, 1.165) is 30.4 Å². The van der Waals surface area contributed by atoms with Gasteiger partial charge in [0.15, 0.2) is 0 Å². The summed E-state index contributed by atoms with van der Waals surface area (Å²) in [5, 5.41) is 0. The Balaban J connectivity index is 1.20. The molecule has 3 aromatic rings. The van der Waals surface area contributed by atoms with Crippen LogP contribution in [0.5, 0.6) is 5.75 Å². The molecular formula is C28H23NO4. The minimum absolute atomic E-state index is 0.112. The highest BCUT2D eigenvalue weighted by Gasteiger charge is 2.61. The lowest BCUT2D eigenvalue weighted by Gasteiger charge is -2.19. The molecule has 0 unspecified atom stereocenters. The average Bonchev–Trinajstić information content (AvgIpc) is 3.54. The lowest BCUT2D eigenvalue weighted by molar-refractivity contribution is -0.123. The highest BCUT2D eigenvalue weighted by atomic mass is 16.5. The van der Waals surface area contributed by atoms with Gasteiger partial charge in [0.1, 0.15) is 5.75 Å². The van der Waals surface area contributed by atoms with E-state index in [1.54, 1.807) is 36.4 Å². The van der Waals surface area contributed by atoms with Gasteiger partial charge in [0.25, 0.3) is 0 Å². The van der Waals surface area contributed by atoms with Gasteiger partial charge >= 0.3 is 5.97 Å². The van der Waals surface area contributed by atoms with E-state index in [1.807, 2.05) is 42.5 Å². The maximum Gasteiger partial charge on any atom is 0.343 e. The molecule has 2 saturated carbocycles. The quantitative estimate of drug-likeness (QED) is 0.323. The summed E-state index contributed by atoms with van der Waals surface area (Å²) < 4.78 is 5.55. The second-order valence-corrected chi connectivity index (χ2v) is 9.23. The number of fused-ring (bicyclic) bond motifs is 5. The predicted molar refractivity (Wildman–Crippen MR) is 124 cm³/mol. The molecule has 1 aliphatic heterocycles. The molecular weight excluding hydrogens is 414 g/mol. The summed E-state index contributed by atoms with van der Waals surface area (Å²) in [6, 6.07) is 23.9. The van der Waals surface area contributed by atoms with Crippen LogP contribution in [0.3, 0.4) is 0 Å². The zero-order valence-corrected chi connectivity index (χ0v) is 18.0. The number of hydrogen-bond acceptors (Lipinski definition) is 4. The number of ether oxygens (including phenoxy) is 1. The molecule has 0 N–H and O–H groups in total. The lowest BCUT2D eigenvalue weighted by atomic mass is 9.81. The van der Waals surface area contributed by atoms with Crippen molar-refractivity contribution in [2.24, 2.45) is 23.7 Å². The smallest absolute Gasteiger partial charge is 0.343 e. The zero-order valence-electron chi connectivity index (χ0n) is 18.0. The minimum atomic E-state index is -0.524. The van der Waals surface area contributed by atoms with Crippen LogP contribution in [0.1, 0.15) is 29.6 Å². The Morgan fingerprint density at radius 3 is 2.06 bits per heavy atom. The van der Waals surface area contributed by atoms with Crippen LogP contribution in [0.25, 0.3) is 11.1 Å². The van der Waals surface area contributed by atoms with Crippen molar-refractivity contribution in [3.63, 3.8) is 0 Å². The van der Waals surface area contributed by atoms with Crippen molar-refractivity contribution < 1.29 is 19.1 Å². The summed E-state index contributed by atoms with van der Waals surface area (Å²) in [5.41, 5.74) is 2.87. The number of esters is 1. The minimum Gasteiger partial charge on any atom is -0.423 e. The van der Waals surface area contributed by atoms with Crippen LogP contribution in [0.15, 0.2) is 78.9 Å². The second kappa shape index (κ2) is 7.69. The maximum absolute atomic E-state index is 13.1. The molecule has 33 heavy (non-hydrogen) atoms. The van der Waals surface area contributed by atoms with Gasteiger partial charge in [-0.15, -0.1) is 0 Å². The molecule has 1 saturated heterocycles. The Bertz CT molecular complexity index is 1220. The Hall–Kier alpha value is -3.73. The molecule has 3 aliphatic rings. The number of carbonyl (C=O) groups is 3. The molecule has 2 bridgehead atoms. The third-order valence-corrected chi connectivity index (χ3v) is 7.44. The lowest BCUT2D eigenvalue weighted by Crippen LogP contribution is -2.32. The molecule has 1 heterocycles. The molecule has 0 radical (unpaired) electrons. The van der Waals surface area contributed by atoms with Crippen molar-refractivity contribution in [3.05, 3.63) is 84.4 Å². The molecule has 2 aliphatic carbocycles. The highest BCUT2D eigenvalue weighted by Crippen LogP contribution is 2.56. The van der Waals surface area contributed by atoms with Gasteiger partial charge in [-0.05, 0) is 72.6 Å². The second-order valence-electron chi connectivity index (χ2n) is 9.23. The van der Waals surface area contributed by atoms with Crippen LogP contribution < -0.4 is 9.64 Å². The van der Waals surface area contributed by atoms with Crippen molar-refractivity contribution in [1.29, 1.82) is 0 Å². The molecule has 164 valence electrons. The molecule has 5 nitrogen and oxygen atoms in total. The number of benzene rings is 3. The Kier molecular flexibility index (Phi) is 4.64. The van der Waals surface area contributed by atoms with E-state index < -0.39 is 5.97 Å². The van der Waals surface area contributed by atoms with E-state index in [0.29, 0.717) is 28.8 Å². The first-order valence-electron chi connectivity index (χ1n) is 11.5. The van der Waals surface area contributed by atoms with Crippen LogP contribution in [0.4, 0.5) is 5.69 Å². The van der Waals surface area contributed by atoms with Gasteiger partial charge in [-0.3, -0.25) is 14.5 Å². The Morgan fingerprint density at radius 1 is 0.758 bits per heavy atom. The summed E-state index contributed by atoms with van der Waals surface area (Å²) in [6.07, 6.45) is 3.07. The van der Waals surface area contributed by atoms with Crippen molar-refractivity contribution in [1.82, 2.24) is 0 Å². The first-order chi connectivity index (χ1) is 16.1. The summed E-state index contributed by atoms with van der Waals surface area (Å²) >= 11 is 0. The van der Waals surface area contributed by atoms with Gasteiger partial charge in [0, 0.05) is 0 Å². The number of imide groups is 1. The third kappa shape index (κ3) is 3.27. The maximum atomic E-state index is 13.1. The topological polar surface area (TPSA) is 63.7 Å². The largest absolute Gasteiger partial charge is 0.423 e. The SMILES string of the molecule is O=C(Oc1ccc(-c2ccccc2)cc1)c1cccc(N2C(=O)[C@H]3[C@H]4CC[C@@H](C4)[C@@H]3C2=O)c1. The van der Waals surface area contributed by atoms with Crippen molar-refractivity contribution >= 4 is 23.5 Å². The van der Waals surface area contributed by atoms with Crippen LogP contribution in [0, 0.1) is 23.7 Å². The van der Waals surface area contributed by atoms with Crippen LogP contribution in [-0.2, 0) is 9.59 Å². The van der Waals surface area contributed by atoms with Gasteiger partial charge in [-0.2, -0.15) is 0 Å². The van der Waals surface area contributed by atoms with E-state index in [9.17, 15) is 14.4 Å². The van der Waals surface area contributed by atoms with Crippen LogP contribution in [0.2, 0.25) is 0 Å². The fourth-order valence-corrected chi connectivity index (χ4v) is 5.95. The first-order valence-corrected chi connectivity index (χ1v) is 11.5. The number of nitrogens with zero attached hydrogens (tertiary/aromatic N) is 1. The molecule has 2 amide bonds. The molecule has 6 rings (SSSR count). The van der Waals surface area contributed by atoms with Gasteiger partial charge in [0.2, 0.25) is 11.8 Å². The average molecular weight is 437 g/mol. The van der Waals surface area contributed by atoms with Gasteiger partial charge in [-0.1, -0.05) is 48.5 Å². The molecule has 5 heteroatoms. The summed E-state index contributed by atoms with van der Waals surface area (Å²) in [5.74, 6) is -0.0292. The number of rotatable bonds is 4. The summed E-state index contributed by atoms with van der Waals surface area (Å²) in [4.78, 5) is 40.3. The van der Waals surface area contributed by atoms with E-state index >= 15 is 0 Å². The van der Waals surface area contributed by atoms with Crippen molar-refractivity contribution in [2.45, 2.75) is 19.3 Å². The number of amides is 2.